The van der Waals surface area contributed by atoms with Gasteiger partial charge in [-0.2, -0.15) is 0 Å². The van der Waals surface area contributed by atoms with E-state index >= 15 is 0 Å². The largest absolute Gasteiger partial charge is 0.310 e. The summed E-state index contributed by atoms with van der Waals surface area (Å²) in [4.78, 5) is 1.07. The Balaban J connectivity index is 1.50. The Labute approximate surface area is 298 Å². The monoisotopic (exact) mass is 607 g/mol. The van der Waals surface area contributed by atoms with Gasteiger partial charge in [-0.3, -0.25) is 0 Å². The van der Waals surface area contributed by atoms with Crippen LogP contribution in [0.1, 0.15) is 52.4 Å². The lowest BCUT2D eigenvalue weighted by molar-refractivity contribution is 0.660. The summed E-state index contributed by atoms with van der Waals surface area (Å²) in [5.41, 5.74) is 0.346. The molecule has 8 aromatic carbocycles. The van der Waals surface area contributed by atoms with Gasteiger partial charge in [0.1, 0.15) is 0 Å². The summed E-state index contributed by atoms with van der Waals surface area (Å²) in [6, 6.07) is -2.75. The van der Waals surface area contributed by atoms with Gasteiger partial charge in [0.15, 0.2) is 0 Å². The molecule has 0 aliphatic heterocycles. The summed E-state index contributed by atoms with van der Waals surface area (Å²) < 4.78 is 179. The minimum Gasteiger partial charge on any atom is -0.310 e. The third kappa shape index (κ3) is 4.02. The molecule has 1 aliphatic rings. The second-order valence-corrected chi connectivity index (χ2v) is 11.4. The summed E-state index contributed by atoms with van der Waals surface area (Å²) in [6.45, 7) is 3.93. The molecule has 0 heterocycles. The summed E-state index contributed by atoms with van der Waals surface area (Å²) in [6.07, 6.45) is 0. The maximum atomic E-state index is 10.0. The molecule has 0 amide bonds. The van der Waals surface area contributed by atoms with Gasteiger partial charge < -0.3 is 4.90 Å². The molecular formula is C45H33N. The highest BCUT2D eigenvalue weighted by atomic mass is 15.1. The minimum atomic E-state index is -0.852. The van der Waals surface area contributed by atoms with Crippen LogP contribution in [0.2, 0.25) is 0 Å². The maximum absolute atomic E-state index is 10.0. The first-order valence-corrected chi connectivity index (χ1v) is 14.5. The summed E-state index contributed by atoms with van der Waals surface area (Å²) in [5, 5.41) is -2.37. The van der Waals surface area contributed by atoms with E-state index in [0.29, 0.717) is 5.56 Å². The number of nitrogens with zero attached hydrogens (tertiary/aromatic N) is 1. The van der Waals surface area contributed by atoms with Crippen LogP contribution in [-0.2, 0) is 5.41 Å². The predicted octanol–water partition coefficient (Wildman–Crippen LogP) is 12.6. The van der Waals surface area contributed by atoms with Gasteiger partial charge in [0.25, 0.3) is 0 Å². The lowest BCUT2D eigenvalue weighted by Gasteiger charge is -2.28. The van der Waals surface area contributed by atoms with Crippen molar-refractivity contribution in [2.45, 2.75) is 19.3 Å². The van der Waals surface area contributed by atoms with Crippen LogP contribution in [0.4, 0.5) is 17.1 Å². The number of hydrogen-bond acceptors (Lipinski definition) is 1. The van der Waals surface area contributed by atoms with E-state index in [1.54, 1.807) is 18.2 Å². The summed E-state index contributed by atoms with van der Waals surface area (Å²) >= 11 is 0. The van der Waals surface area contributed by atoms with Crippen molar-refractivity contribution in [1.82, 2.24) is 0 Å². The van der Waals surface area contributed by atoms with Crippen LogP contribution in [0, 0.1) is 0 Å². The van der Waals surface area contributed by atoms with Gasteiger partial charge in [0, 0.05) is 22.5 Å². The Bertz CT molecular complexity index is 3480. The van der Waals surface area contributed by atoms with Gasteiger partial charge in [-0.05, 0) is 102 Å². The topological polar surface area (TPSA) is 3.24 Å². The predicted molar refractivity (Wildman–Crippen MR) is 197 cm³/mol. The number of hydrogen-bond donors (Lipinski definition) is 0. The molecule has 0 unspecified atom stereocenters. The number of fused-ring (bicyclic) bond motifs is 9. The normalized spacial score (nSPS) is 19.3. The van der Waals surface area contributed by atoms with Gasteiger partial charge in [-0.15, -0.1) is 0 Å². The number of benzene rings is 8. The van der Waals surface area contributed by atoms with Crippen LogP contribution in [-0.4, -0.2) is 0 Å². The van der Waals surface area contributed by atoms with Crippen molar-refractivity contribution in [3.63, 3.8) is 0 Å². The van der Waals surface area contributed by atoms with E-state index in [1.807, 2.05) is 38.1 Å². The molecule has 0 aromatic heterocycles. The van der Waals surface area contributed by atoms with Crippen molar-refractivity contribution >= 4 is 49.4 Å². The zero-order valence-corrected chi connectivity index (χ0v) is 24.5. The SMILES string of the molecule is [2H]c1c([2H])c([2H])c(-c2c([2H])c([2H])c(N(c3ccc4c(c3)C(C)(C)c3ccccc3-4)c3c([2H])c([2H])c4c5c([2H])c([2H])c([2H])c([2H])c5c5c([2H])c([2H])c([2H])c([2H])c5c4c3[2H])c([2H])c2[2H])c([2H])c1[2H]. The fourth-order valence-corrected chi connectivity index (χ4v) is 6.38. The van der Waals surface area contributed by atoms with Crippen LogP contribution in [0.25, 0.3) is 54.6 Å². The Morgan fingerprint density at radius 1 is 0.457 bits per heavy atom. The summed E-state index contributed by atoms with van der Waals surface area (Å²) in [5.74, 6) is 0. The molecule has 0 saturated carbocycles. The Morgan fingerprint density at radius 2 is 1.00 bits per heavy atom. The molecule has 0 radical (unpaired) electrons. The van der Waals surface area contributed by atoms with E-state index in [4.69, 9.17) is 17.8 Å². The van der Waals surface area contributed by atoms with E-state index in [2.05, 4.69) is 0 Å². The molecule has 0 N–H and O–H groups in total. The lowest BCUT2D eigenvalue weighted by atomic mass is 9.82. The molecule has 0 fully saturated rings. The Morgan fingerprint density at radius 3 is 1.70 bits per heavy atom. The fourth-order valence-electron chi connectivity index (χ4n) is 6.38. The van der Waals surface area contributed by atoms with Crippen LogP contribution >= 0.6 is 0 Å². The van der Waals surface area contributed by atoms with Crippen molar-refractivity contribution in [2.24, 2.45) is 0 Å². The second-order valence-electron chi connectivity index (χ2n) is 11.4. The highest BCUT2D eigenvalue weighted by molar-refractivity contribution is 6.25. The molecule has 0 saturated heterocycles. The molecule has 9 rings (SSSR count). The molecule has 46 heavy (non-hydrogen) atoms. The third-order valence-corrected chi connectivity index (χ3v) is 8.56. The van der Waals surface area contributed by atoms with Crippen LogP contribution in [0.5, 0.6) is 0 Å². The van der Waals surface area contributed by atoms with Crippen molar-refractivity contribution < 1.29 is 27.4 Å². The summed E-state index contributed by atoms with van der Waals surface area (Å²) in [7, 11) is 0. The fraction of sp³-hybridized carbons (Fsp3) is 0.0667. The highest BCUT2D eigenvalue weighted by Crippen LogP contribution is 2.51. The van der Waals surface area contributed by atoms with Gasteiger partial charge in [-0.25, -0.2) is 0 Å². The maximum Gasteiger partial charge on any atom is 0.0652 e. The minimum absolute atomic E-state index is 0.0562. The first-order chi connectivity index (χ1) is 30.9. The van der Waals surface area contributed by atoms with E-state index in [0.717, 1.165) is 21.6 Å². The quantitative estimate of drug-likeness (QED) is 0.180. The molecule has 1 nitrogen and oxygen atoms in total. The van der Waals surface area contributed by atoms with E-state index in [1.165, 1.54) is 0 Å². The molecule has 0 bridgehead atoms. The second kappa shape index (κ2) is 10.2. The Kier molecular flexibility index (Phi) is 2.96. The zero-order valence-electron chi connectivity index (χ0n) is 44.5. The molecule has 1 heteroatoms. The zero-order chi connectivity index (χ0) is 48.2. The van der Waals surface area contributed by atoms with Crippen molar-refractivity contribution in [3.05, 3.63) is 174 Å². The van der Waals surface area contributed by atoms with Gasteiger partial charge in [0.05, 0.1) is 27.4 Å². The third-order valence-electron chi connectivity index (χ3n) is 8.56. The van der Waals surface area contributed by atoms with Gasteiger partial charge in [0.2, 0.25) is 0 Å². The standard InChI is InChI=1S/C45H33N/c1-45(2)43-19-11-10-18-40(43)41-27-25-34(29-44(41)45)46(32-22-20-31(21-23-32)30-12-4-3-5-13-30)33-24-26-39-37-16-7-6-14-35(37)36-15-8-9-17-38(36)42(39)28-33/h3-29H,1-2H3/i3D,4D,5D,6D,7D,8D,9D,12D,13D,14D,15D,16D,17D,20D,21D,22D,23D,24D,26D,28D. The van der Waals surface area contributed by atoms with E-state index in [9.17, 15) is 9.60 Å². The number of anilines is 3. The van der Waals surface area contributed by atoms with Crippen molar-refractivity contribution in [2.75, 3.05) is 4.90 Å². The molecule has 0 atom stereocenters. The Hall–Kier alpha value is -5.66. The first kappa shape index (κ1) is 13.4. The van der Waals surface area contributed by atoms with Crippen LogP contribution in [0.3, 0.4) is 0 Å². The van der Waals surface area contributed by atoms with Gasteiger partial charge in [-0.1, -0.05) is 141 Å². The molecule has 218 valence electrons. The smallest absolute Gasteiger partial charge is 0.0652 e. The van der Waals surface area contributed by atoms with Crippen molar-refractivity contribution in [3.8, 4) is 22.3 Å². The van der Waals surface area contributed by atoms with Crippen LogP contribution in [0.15, 0.2) is 163 Å². The molecule has 0 spiro atoms. The highest BCUT2D eigenvalue weighted by Gasteiger charge is 2.35. The van der Waals surface area contributed by atoms with E-state index < -0.39 is 165 Å². The van der Waals surface area contributed by atoms with Gasteiger partial charge >= 0.3 is 0 Å². The molecule has 1 aliphatic carbocycles. The first-order valence-electron chi connectivity index (χ1n) is 24.5. The number of rotatable bonds is 4. The average molecular weight is 608 g/mol. The van der Waals surface area contributed by atoms with Crippen LogP contribution < -0.4 is 4.90 Å². The van der Waals surface area contributed by atoms with Crippen molar-refractivity contribution in [1.29, 1.82) is 0 Å². The average Bonchev–Trinajstić information content (AvgIpc) is 3.53. The lowest BCUT2D eigenvalue weighted by Crippen LogP contribution is -2.16. The molecular weight excluding hydrogens is 555 g/mol. The van der Waals surface area contributed by atoms with E-state index in [-0.39, 0.29) is 21.8 Å². The molecule has 8 aromatic rings.